The fourth-order valence-corrected chi connectivity index (χ4v) is 2.30. The number of urea groups is 1. The zero-order valence-electron chi connectivity index (χ0n) is 11.0. The fourth-order valence-electron chi connectivity index (χ4n) is 2.30. The second-order valence-corrected chi connectivity index (χ2v) is 4.80. The summed E-state index contributed by atoms with van der Waals surface area (Å²) in [6, 6.07) is 7.81. The van der Waals surface area contributed by atoms with Gasteiger partial charge in [-0.1, -0.05) is 18.2 Å². The van der Waals surface area contributed by atoms with Crippen LogP contribution in [0.3, 0.4) is 0 Å². The van der Waals surface area contributed by atoms with Crippen molar-refractivity contribution in [2.24, 2.45) is 5.92 Å². The number of ether oxygens (including phenoxy) is 1. The van der Waals surface area contributed by atoms with Crippen LogP contribution >= 0.6 is 0 Å². The van der Waals surface area contributed by atoms with Crippen molar-refractivity contribution in [3.63, 3.8) is 0 Å². The lowest BCUT2D eigenvalue weighted by Crippen LogP contribution is -2.33. The van der Waals surface area contributed by atoms with Gasteiger partial charge in [0.05, 0.1) is 6.61 Å². The van der Waals surface area contributed by atoms with Gasteiger partial charge >= 0.3 is 6.03 Å². The van der Waals surface area contributed by atoms with Crippen molar-refractivity contribution in [3.05, 3.63) is 29.8 Å². The fraction of sp³-hybridized carbons (Fsp3) is 0.500. The van der Waals surface area contributed by atoms with Gasteiger partial charge in [-0.05, 0) is 25.0 Å². The average Bonchev–Trinajstić information content (AvgIpc) is 2.81. The molecule has 0 bridgehead atoms. The maximum Gasteiger partial charge on any atom is 0.321 e. The van der Waals surface area contributed by atoms with Crippen LogP contribution in [0, 0.1) is 12.8 Å². The third-order valence-corrected chi connectivity index (χ3v) is 3.36. The second-order valence-electron chi connectivity index (χ2n) is 4.80. The predicted octanol–water partition coefficient (Wildman–Crippen LogP) is 2.50. The number of hydrogen-bond donors (Lipinski definition) is 1. The molecule has 98 valence electrons. The Bertz CT molecular complexity index is 420. The molecule has 2 rings (SSSR count). The SMILES string of the molecule is COCC1CCN(C(=O)Nc2ccccc2C)C1. The first-order chi connectivity index (χ1) is 8.70. The summed E-state index contributed by atoms with van der Waals surface area (Å²) in [6.45, 7) is 4.32. The molecule has 0 aromatic heterocycles. The smallest absolute Gasteiger partial charge is 0.321 e. The van der Waals surface area contributed by atoms with E-state index in [4.69, 9.17) is 4.74 Å². The predicted molar refractivity (Wildman–Crippen MR) is 71.8 cm³/mol. The van der Waals surface area contributed by atoms with Crippen LogP contribution in [0.2, 0.25) is 0 Å². The summed E-state index contributed by atoms with van der Waals surface area (Å²) < 4.78 is 5.13. The van der Waals surface area contributed by atoms with Crippen molar-refractivity contribution in [2.75, 3.05) is 32.1 Å². The van der Waals surface area contributed by atoms with Crippen LogP contribution in [0.4, 0.5) is 10.5 Å². The lowest BCUT2D eigenvalue weighted by atomic mass is 10.1. The van der Waals surface area contributed by atoms with Crippen molar-refractivity contribution in [1.29, 1.82) is 0 Å². The second kappa shape index (κ2) is 5.87. The van der Waals surface area contributed by atoms with Crippen LogP contribution in [0.1, 0.15) is 12.0 Å². The number of nitrogens with one attached hydrogen (secondary N) is 1. The molecule has 0 aliphatic carbocycles. The molecule has 1 aromatic carbocycles. The number of carbonyl (C=O) groups is 1. The minimum Gasteiger partial charge on any atom is -0.384 e. The van der Waals surface area contributed by atoms with Crippen LogP contribution in [-0.4, -0.2) is 37.7 Å². The molecule has 1 heterocycles. The molecule has 4 heteroatoms. The number of rotatable bonds is 3. The van der Waals surface area contributed by atoms with Crippen LogP contribution in [-0.2, 0) is 4.74 Å². The molecular weight excluding hydrogens is 228 g/mol. The number of anilines is 1. The van der Waals surface area contributed by atoms with Gasteiger partial charge in [-0.25, -0.2) is 4.79 Å². The van der Waals surface area contributed by atoms with Gasteiger partial charge in [0.2, 0.25) is 0 Å². The van der Waals surface area contributed by atoms with Gasteiger partial charge in [0.25, 0.3) is 0 Å². The molecule has 1 aliphatic heterocycles. The summed E-state index contributed by atoms with van der Waals surface area (Å²) in [5.41, 5.74) is 1.97. The van der Waals surface area contributed by atoms with E-state index >= 15 is 0 Å². The van der Waals surface area contributed by atoms with Crippen molar-refractivity contribution < 1.29 is 9.53 Å². The van der Waals surface area contributed by atoms with E-state index in [2.05, 4.69) is 5.32 Å². The Morgan fingerprint density at radius 3 is 3.00 bits per heavy atom. The van der Waals surface area contributed by atoms with Crippen LogP contribution < -0.4 is 5.32 Å². The van der Waals surface area contributed by atoms with E-state index in [1.165, 1.54) is 0 Å². The van der Waals surface area contributed by atoms with Gasteiger partial charge in [0, 0.05) is 31.8 Å². The number of amides is 2. The lowest BCUT2D eigenvalue weighted by molar-refractivity contribution is 0.154. The molecule has 1 unspecified atom stereocenters. The molecule has 1 N–H and O–H groups in total. The summed E-state index contributed by atoms with van der Waals surface area (Å²) in [5.74, 6) is 0.470. The molecular formula is C14H20N2O2. The number of para-hydroxylation sites is 1. The Balaban J connectivity index is 1.91. The van der Waals surface area contributed by atoms with E-state index < -0.39 is 0 Å². The normalized spacial score (nSPS) is 19.0. The highest BCUT2D eigenvalue weighted by molar-refractivity contribution is 5.90. The minimum atomic E-state index is -0.0112. The Morgan fingerprint density at radius 1 is 1.50 bits per heavy atom. The first-order valence-corrected chi connectivity index (χ1v) is 6.31. The van der Waals surface area contributed by atoms with Gasteiger partial charge < -0.3 is 15.0 Å². The molecule has 1 aromatic rings. The quantitative estimate of drug-likeness (QED) is 0.893. The molecule has 1 fully saturated rings. The average molecular weight is 248 g/mol. The monoisotopic (exact) mass is 248 g/mol. The zero-order chi connectivity index (χ0) is 13.0. The van der Waals surface area contributed by atoms with Gasteiger partial charge in [-0.3, -0.25) is 0 Å². The highest BCUT2D eigenvalue weighted by atomic mass is 16.5. The maximum absolute atomic E-state index is 12.1. The van der Waals surface area contributed by atoms with E-state index in [1.807, 2.05) is 36.1 Å². The molecule has 2 amide bonds. The Morgan fingerprint density at radius 2 is 2.28 bits per heavy atom. The Labute approximate surface area is 108 Å². The van der Waals surface area contributed by atoms with E-state index in [0.717, 1.165) is 37.4 Å². The summed E-state index contributed by atoms with van der Waals surface area (Å²) in [6.07, 6.45) is 1.02. The number of hydrogen-bond acceptors (Lipinski definition) is 2. The first kappa shape index (κ1) is 12.9. The van der Waals surface area contributed by atoms with Gasteiger partial charge in [0.15, 0.2) is 0 Å². The third-order valence-electron chi connectivity index (χ3n) is 3.36. The summed E-state index contributed by atoms with van der Waals surface area (Å²) in [5, 5.41) is 2.96. The number of aryl methyl sites for hydroxylation is 1. The largest absolute Gasteiger partial charge is 0.384 e. The van der Waals surface area contributed by atoms with E-state index in [1.54, 1.807) is 7.11 Å². The molecule has 1 saturated heterocycles. The minimum absolute atomic E-state index is 0.0112. The van der Waals surface area contributed by atoms with E-state index in [9.17, 15) is 4.79 Å². The first-order valence-electron chi connectivity index (χ1n) is 6.31. The van der Waals surface area contributed by atoms with Crippen molar-refractivity contribution >= 4 is 11.7 Å². The summed E-state index contributed by atoms with van der Waals surface area (Å²) in [7, 11) is 1.70. The molecule has 1 aliphatic rings. The van der Waals surface area contributed by atoms with Gasteiger partial charge in [-0.15, -0.1) is 0 Å². The highest BCUT2D eigenvalue weighted by Crippen LogP contribution is 2.19. The summed E-state index contributed by atoms with van der Waals surface area (Å²) in [4.78, 5) is 13.9. The highest BCUT2D eigenvalue weighted by Gasteiger charge is 2.26. The number of carbonyl (C=O) groups excluding carboxylic acids is 1. The van der Waals surface area contributed by atoms with Crippen molar-refractivity contribution in [2.45, 2.75) is 13.3 Å². The number of benzene rings is 1. The number of likely N-dealkylation sites (tertiary alicyclic amines) is 1. The zero-order valence-corrected chi connectivity index (χ0v) is 11.0. The van der Waals surface area contributed by atoms with Crippen LogP contribution in [0.5, 0.6) is 0 Å². The number of nitrogens with zero attached hydrogens (tertiary/aromatic N) is 1. The van der Waals surface area contributed by atoms with Gasteiger partial charge in [0.1, 0.15) is 0 Å². The Hall–Kier alpha value is -1.55. The summed E-state index contributed by atoms with van der Waals surface area (Å²) >= 11 is 0. The molecule has 0 spiro atoms. The van der Waals surface area contributed by atoms with E-state index in [0.29, 0.717) is 5.92 Å². The van der Waals surface area contributed by atoms with Crippen LogP contribution in [0.25, 0.3) is 0 Å². The molecule has 0 saturated carbocycles. The topological polar surface area (TPSA) is 41.6 Å². The molecule has 1 atom stereocenters. The lowest BCUT2D eigenvalue weighted by Gasteiger charge is -2.18. The molecule has 4 nitrogen and oxygen atoms in total. The Kier molecular flexibility index (Phi) is 4.20. The molecule has 0 radical (unpaired) electrons. The third kappa shape index (κ3) is 3.01. The number of methoxy groups -OCH3 is 1. The van der Waals surface area contributed by atoms with E-state index in [-0.39, 0.29) is 6.03 Å². The molecule has 18 heavy (non-hydrogen) atoms. The van der Waals surface area contributed by atoms with Crippen molar-refractivity contribution in [1.82, 2.24) is 4.90 Å². The van der Waals surface area contributed by atoms with Crippen molar-refractivity contribution in [3.8, 4) is 0 Å². The van der Waals surface area contributed by atoms with Gasteiger partial charge in [-0.2, -0.15) is 0 Å². The van der Waals surface area contributed by atoms with Crippen LogP contribution in [0.15, 0.2) is 24.3 Å². The standard InChI is InChI=1S/C14H20N2O2/c1-11-5-3-4-6-13(11)15-14(17)16-8-7-12(9-16)10-18-2/h3-6,12H,7-10H2,1-2H3,(H,15,17). The maximum atomic E-state index is 12.1.